The summed E-state index contributed by atoms with van der Waals surface area (Å²) in [5.74, 6) is 1.26. The summed E-state index contributed by atoms with van der Waals surface area (Å²) >= 11 is 0. The third-order valence-electron chi connectivity index (χ3n) is 5.21. The van der Waals surface area contributed by atoms with Crippen LogP contribution in [0.2, 0.25) is 0 Å². The molecule has 0 bridgehead atoms. The average molecular weight is 424 g/mol. The van der Waals surface area contributed by atoms with Gasteiger partial charge in [-0.25, -0.2) is 4.98 Å². The highest BCUT2D eigenvalue weighted by molar-refractivity contribution is 5.94. The molecule has 1 aliphatic rings. The number of aromatic nitrogens is 4. The van der Waals surface area contributed by atoms with Crippen molar-refractivity contribution in [1.82, 2.24) is 29.8 Å². The highest BCUT2D eigenvalue weighted by Gasteiger charge is 2.22. The van der Waals surface area contributed by atoms with Gasteiger partial charge >= 0.3 is 0 Å². The quantitative estimate of drug-likeness (QED) is 0.560. The number of ether oxygens (including phenoxy) is 1. The van der Waals surface area contributed by atoms with Gasteiger partial charge in [-0.3, -0.25) is 9.69 Å². The lowest BCUT2D eigenvalue weighted by Gasteiger charge is -2.35. The highest BCUT2D eigenvalue weighted by Crippen LogP contribution is 2.15. The van der Waals surface area contributed by atoms with Crippen LogP contribution in [0.3, 0.4) is 0 Å². The van der Waals surface area contributed by atoms with Crippen LogP contribution in [-0.2, 0) is 11.3 Å². The maximum absolute atomic E-state index is 12.5. The first-order valence-electron chi connectivity index (χ1n) is 10.6. The Morgan fingerprint density at radius 1 is 1.16 bits per heavy atom. The minimum atomic E-state index is -0.0845. The number of aryl methyl sites for hydroxylation is 1. The normalized spacial score (nSPS) is 19.5. The minimum absolute atomic E-state index is 0.0845. The molecular formula is C22H29N7O2. The summed E-state index contributed by atoms with van der Waals surface area (Å²) in [4.78, 5) is 23.3. The molecule has 0 radical (unpaired) electrons. The number of nitrogens with one attached hydrogen (secondary N) is 2. The topological polar surface area (TPSA) is 96.7 Å². The van der Waals surface area contributed by atoms with E-state index >= 15 is 0 Å². The third-order valence-corrected chi connectivity index (χ3v) is 5.21. The van der Waals surface area contributed by atoms with Gasteiger partial charge in [-0.1, -0.05) is 12.1 Å². The molecule has 1 saturated heterocycles. The van der Waals surface area contributed by atoms with Crippen molar-refractivity contribution in [2.45, 2.75) is 39.5 Å². The van der Waals surface area contributed by atoms with Gasteiger partial charge in [-0.15, -0.1) is 0 Å². The molecular weight excluding hydrogens is 394 g/mol. The Morgan fingerprint density at radius 3 is 2.65 bits per heavy atom. The second-order valence-corrected chi connectivity index (χ2v) is 8.09. The number of rotatable bonds is 7. The number of hydrogen-bond acceptors (Lipinski definition) is 7. The van der Waals surface area contributed by atoms with E-state index in [2.05, 4.69) is 44.4 Å². The van der Waals surface area contributed by atoms with Gasteiger partial charge in [0.15, 0.2) is 0 Å². The number of carbonyl (C=O) groups is 1. The van der Waals surface area contributed by atoms with E-state index in [1.54, 1.807) is 4.52 Å². The fraction of sp³-hybridized carbons (Fsp3) is 0.455. The molecule has 9 heteroatoms. The molecule has 1 fully saturated rings. The Morgan fingerprint density at radius 2 is 1.90 bits per heavy atom. The first kappa shape index (κ1) is 21.2. The Bertz CT molecular complexity index is 1020. The second-order valence-electron chi connectivity index (χ2n) is 8.09. The largest absolute Gasteiger partial charge is 0.373 e. The first-order chi connectivity index (χ1) is 15.0. The summed E-state index contributed by atoms with van der Waals surface area (Å²) in [7, 11) is 0. The first-order valence-corrected chi connectivity index (χ1v) is 10.6. The molecule has 1 aromatic carbocycles. The second kappa shape index (κ2) is 9.40. The lowest BCUT2D eigenvalue weighted by atomic mass is 10.1. The Kier molecular flexibility index (Phi) is 6.43. The summed E-state index contributed by atoms with van der Waals surface area (Å²) in [5.41, 5.74) is 2.71. The van der Waals surface area contributed by atoms with Gasteiger partial charge < -0.3 is 15.4 Å². The fourth-order valence-electron chi connectivity index (χ4n) is 3.96. The summed E-state index contributed by atoms with van der Waals surface area (Å²) in [6.07, 6.45) is 1.97. The van der Waals surface area contributed by atoms with Crippen molar-refractivity contribution in [1.29, 1.82) is 0 Å². The molecule has 1 amide bonds. The zero-order valence-corrected chi connectivity index (χ0v) is 18.2. The van der Waals surface area contributed by atoms with Crippen molar-refractivity contribution in [3.8, 4) is 0 Å². The molecule has 1 aliphatic heterocycles. The van der Waals surface area contributed by atoms with Crippen molar-refractivity contribution < 1.29 is 9.53 Å². The average Bonchev–Trinajstić information content (AvgIpc) is 3.19. The van der Waals surface area contributed by atoms with E-state index in [-0.39, 0.29) is 18.1 Å². The van der Waals surface area contributed by atoms with E-state index in [4.69, 9.17) is 4.74 Å². The Balaban J connectivity index is 1.25. The number of anilines is 1. The molecule has 164 valence electrons. The van der Waals surface area contributed by atoms with Crippen LogP contribution in [0.25, 0.3) is 5.78 Å². The number of nitrogens with zero attached hydrogens (tertiary/aromatic N) is 5. The smallest absolute Gasteiger partial charge is 0.254 e. The Hall–Kier alpha value is -3.04. The Labute approximate surface area is 181 Å². The van der Waals surface area contributed by atoms with Crippen LogP contribution in [0, 0.1) is 6.92 Å². The van der Waals surface area contributed by atoms with Crippen molar-refractivity contribution in [2.75, 3.05) is 31.5 Å². The van der Waals surface area contributed by atoms with Gasteiger partial charge in [0.05, 0.1) is 12.2 Å². The number of fused-ring (bicyclic) bond motifs is 1. The summed E-state index contributed by atoms with van der Waals surface area (Å²) in [6.45, 7) is 9.90. The van der Waals surface area contributed by atoms with E-state index in [9.17, 15) is 4.79 Å². The number of amides is 1. The maximum Gasteiger partial charge on any atom is 0.254 e. The van der Waals surface area contributed by atoms with E-state index in [1.807, 2.05) is 37.3 Å². The van der Waals surface area contributed by atoms with Crippen LogP contribution in [0.1, 0.15) is 35.5 Å². The predicted molar refractivity (Wildman–Crippen MR) is 118 cm³/mol. The lowest BCUT2D eigenvalue weighted by Crippen LogP contribution is -2.44. The zero-order valence-electron chi connectivity index (χ0n) is 18.2. The van der Waals surface area contributed by atoms with Crippen molar-refractivity contribution >= 4 is 17.5 Å². The van der Waals surface area contributed by atoms with Crippen LogP contribution in [0.15, 0.2) is 36.7 Å². The number of benzene rings is 1. The summed E-state index contributed by atoms with van der Waals surface area (Å²) < 4.78 is 7.43. The number of carbonyl (C=O) groups excluding carboxylic acids is 1. The van der Waals surface area contributed by atoms with Gasteiger partial charge in [0, 0.05) is 50.0 Å². The highest BCUT2D eigenvalue weighted by atomic mass is 16.5. The minimum Gasteiger partial charge on any atom is -0.373 e. The predicted octanol–water partition coefficient (Wildman–Crippen LogP) is 1.88. The third kappa shape index (κ3) is 5.36. The molecule has 31 heavy (non-hydrogen) atoms. The van der Waals surface area contributed by atoms with Crippen molar-refractivity contribution in [3.63, 3.8) is 0 Å². The molecule has 0 spiro atoms. The molecule has 3 heterocycles. The van der Waals surface area contributed by atoms with Gasteiger partial charge in [0.1, 0.15) is 12.1 Å². The SMILES string of the molecule is Cc1cc(NCCNC(=O)c2ccc(CN3CC(C)OC(C)C3)cc2)n2ncnc2n1. The molecule has 0 saturated carbocycles. The van der Waals surface area contributed by atoms with Crippen LogP contribution < -0.4 is 10.6 Å². The van der Waals surface area contributed by atoms with E-state index in [0.29, 0.717) is 24.4 Å². The van der Waals surface area contributed by atoms with Gasteiger partial charge in [0.2, 0.25) is 0 Å². The molecule has 9 nitrogen and oxygen atoms in total. The van der Waals surface area contributed by atoms with E-state index < -0.39 is 0 Å². The van der Waals surface area contributed by atoms with Crippen molar-refractivity contribution in [3.05, 3.63) is 53.5 Å². The fourth-order valence-corrected chi connectivity index (χ4v) is 3.96. The molecule has 2 atom stereocenters. The standard InChI is InChI=1S/C22H29N7O2/c1-15-10-20(29-22(27-15)25-14-26-29)23-8-9-24-21(30)19-6-4-18(5-7-19)13-28-11-16(2)31-17(3)12-28/h4-7,10,14,16-17,23H,8-9,11-13H2,1-3H3,(H,24,30). The molecule has 0 aliphatic carbocycles. The molecule has 2 aromatic heterocycles. The van der Waals surface area contributed by atoms with Gasteiger partial charge in [0.25, 0.3) is 11.7 Å². The molecule has 2 unspecified atom stereocenters. The van der Waals surface area contributed by atoms with Gasteiger partial charge in [-0.2, -0.15) is 14.6 Å². The summed E-state index contributed by atoms with van der Waals surface area (Å²) in [5, 5.41) is 10.4. The van der Waals surface area contributed by atoms with Crippen molar-refractivity contribution in [2.24, 2.45) is 0 Å². The molecule has 3 aromatic rings. The zero-order chi connectivity index (χ0) is 21.8. The van der Waals surface area contributed by atoms with Crippen LogP contribution >= 0.6 is 0 Å². The van der Waals surface area contributed by atoms with Crippen LogP contribution in [0.4, 0.5) is 5.82 Å². The van der Waals surface area contributed by atoms with Crippen LogP contribution in [-0.4, -0.2) is 68.8 Å². The summed E-state index contributed by atoms with van der Waals surface area (Å²) in [6, 6.07) is 9.73. The lowest BCUT2D eigenvalue weighted by molar-refractivity contribution is -0.0704. The molecule has 4 rings (SSSR count). The van der Waals surface area contributed by atoms with Gasteiger partial charge in [-0.05, 0) is 38.5 Å². The van der Waals surface area contributed by atoms with Crippen LogP contribution in [0.5, 0.6) is 0 Å². The number of morpholine rings is 1. The monoisotopic (exact) mass is 423 g/mol. The van der Waals surface area contributed by atoms with E-state index in [0.717, 1.165) is 31.1 Å². The molecule has 2 N–H and O–H groups in total. The number of hydrogen-bond donors (Lipinski definition) is 2. The maximum atomic E-state index is 12.5. The van der Waals surface area contributed by atoms with E-state index in [1.165, 1.54) is 11.9 Å².